The first-order valence-corrected chi connectivity index (χ1v) is 6.82. The minimum Gasteiger partial charge on any atom is -0.352 e. The van der Waals surface area contributed by atoms with E-state index in [9.17, 15) is 9.59 Å². The molecule has 1 aromatic carbocycles. The van der Waals surface area contributed by atoms with E-state index in [0.29, 0.717) is 30.1 Å². The maximum absolute atomic E-state index is 12.0. The van der Waals surface area contributed by atoms with Gasteiger partial charge in [-0.3, -0.25) is 9.59 Å². The predicted molar refractivity (Wildman–Crippen MR) is 80.8 cm³/mol. The van der Waals surface area contributed by atoms with Gasteiger partial charge in [-0.15, -0.1) is 6.58 Å². The molecule has 0 bridgehead atoms. The third kappa shape index (κ3) is 5.26. The van der Waals surface area contributed by atoms with E-state index in [0.717, 1.165) is 6.42 Å². The Balaban J connectivity index is 2.64. The quantitative estimate of drug-likeness (QED) is 0.750. The monoisotopic (exact) mass is 274 g/mol. The van der Waals surface area contributed by atoms with Gasteiger partial charge in [0.05, 0.1) is 0 Å². The van der Waals surface area contributed by atoms with Crippen LogP contribution in [0.3, 0.4) is 0 Å². The molecule has 0 aliphatic heterocycles. The van der Waals surface area contributed by atoms with Gasteiger partial charge in [-0.2, -0.15) is 0 Å². The van der Waals surface area contributed by atoms with E-state index in [4.69, 9.17) is 0 Å². The lowest BCUT2D eigenvalue weighted by atomic mass is 10.1. The van der Waals surface area contributed by atoms with Crippen LogP contribution in [0.25, 0.3) is 0 Å². The van der Waals surface area contributed by atoms with Crippen LogP contribution in [-0.4, -0.2) is 24.9 Å². The fourth-order valence-corrected chi connectivity index (χ4v) is 1.65. The van der Waals surface area contributed by atoms with Gasteiger partial charge in [-0.1, -0.05) is 26.0 Å². The summed E-state index contributed by atoms with van der Waals surface area (Å²) in [7, 11) is 0. The van der Waals surface area contributed by atoms with Crippen molar-refractivity contribution in [3.05, 3.63) is 48.0 Å². The Morgan fingerprint density at radius 2 is 1.80 bits per heavy atom. The van der Waals surface area contributed by atoms with E-state index in [1.807, 2.05) is 0 Å². The molecule has 0 unspecified atom stereocenters. The smallest absolute Gasteiger partial charge is 0.251 e. The molecule has 0 aromatic heterocycles. The Labute approximate surface area is 120 Å². The number of amides is 2. The number of hydrogen-bond acceptors (Lipinski definition) is 2. The van der Waals surface area contributed by atoms with Gasteiger partial charge in [0.2, 0.25) is 0 Å². The summed E-state index contributed by atoms with van der Waals surface area (Å²) in [5.41, 5.74) is 0.975. The molecule has 2 amide bonds. The van der Waals surface area contributed by atoms with Crippen LogP contribution in [0.1, 0.15) is 41.0 Å². The number of benzene rings is 1. The first-order valence-electron chi connectivity index (χ1n) is 6.82. The van der Waals surface area contributed by atoms with Crippen molar-refractivity contribution in [1.82, 2.24) is 10.6 Å². The third-order valence-electron chi connectivity index (χ3n) is 2.80. The normalized spacial score (nSPS) is 10.2. The van der Waals surface area contributed by atoms with Crippen molar-refractivity contribution in [3.8, 4) is 0 Å². The molecule has 0 heterocycles. The summed E-state index contributed by atoms with van der Waals surface area (Å²) in [6.45, 7) is 8.81. The van der Waals surface area contributed by atoms with Gasteiger partial charge in [0.15, 0.2) is 0 Å². The van der Waals surface area contributed by atoms with Gasteiger partial charge in [-0.25, -0.2) is 0 Å². The minimum absolute atomic E-state index is 0.149. The zero-order valence-corrected chi connectivity index (χ0v) is 12.1. The highest BCUT2D eigenvalue weighted by Crippen LogP contribution is 2.06. The summed E-state index contributed by atoms with van der Waals surface area (Å²) < 4.78 is 0. The Hall–Kier alpha value is -2.10. The predicted octanol–water partition coefficient (Wildman–Crippen LogP) is 2.38. The zero-order chi connectivity index (χ0) is 15.0. The molecule has 0 atom stereocenters. The SMILES string of the molecule is C=CCNC(=O)c1cccc(C(=O)NCCC(C)C)c1. The van der Waals surface area contributed by atoms with Crippen molar-refractivity contribution in [2.75, 3.05) is 13.1 Å². The molecule has 0 aliphatic carbocycles. The van der Waals surface area contributed by atoms with Crippen LogP contribution in [0.2, 0.25) is 0 Å². The molecule has 0 aliphatic rings. The van der Waals surface area contributed by atoms with Crippen LogP contribution in [0.5, 0.6) is 0 Å². The number of rotatable bonds is 7. The van der Waals surface area contributed by atoms with Crippen molar-refractivity contribution in [3.63, 3.8) is 0 Å². The van der Waals surface area contributed by atoms with Gasteiger partial charge in [0.25, 0.3) is 11.8 Å². The molecule has 1 aromatic rings. The molecular formula is C16H22N2O2. The number of carbonyl (C=O) groups is 2. The van der Waals surface area contributed by atoms with Crippen molar-refractivity contribution >= 4 is 11.8 Å². The number of hydrogen-bond donors (Lipinski definition) is 2. The van der Waals surface area contributed by atoms with Gasteiger partial charge < -0.3 is 10.6 Å². The molecule has 20 heavy (non-hydrogen) atoms. The van der Waals surface area contributed by atoms with Crippen LogP contribution in [0, 0.1) is 5.92 Å². The average molecular weight is 274 g/mol. The Kier molecular flexibility index (Phi) is 6.50. The highest BCUT2D eigenvalue weighted by molar-refractivity contribution is 5.99. The first-order chi connectivity index (χ1) is 9.54. The standard InChI is InChI=1S/C16H22N2O2/c1-4-9-17-15(19)13-6-5-7-14(11-13)16(20)18-10-8-12(2)3/h4-7,11-12H,1,8-10H2,2-3H3,(H,17,19)(H,18,20). The van der Waals surface area contributed by atoms with Crippen molar-refractivity contribution < 1.29 is 9.59 Å². The van der Waals surface area contributed by atoms with Crippen LogP contribution >= 0.6 is 0 Å². The van der Waals surface area contributed by atoms with Crippen LogP contribution in [0.15, 0.2) is 36.9 Å². The second-order valence-electron chi connectivity index (χ2n) is 5.02. The number of nitrogens with one attached hydrogen (secondary N) is 2. The largest absolute Gasteiger partial charge is 0.352 e. The van der Waals surface area contributed by atoms with Gasteiger partial charge in [0, 0.05) is 24.2 Å². The lowest BCUT2D eigenvalue weighted by molar-refractivity contribution is 0.0952. The van der Waals surface area contributed by atoms with E-state index in [-0.39, 0.29) is 11.8 Å². The van der Waals surface area contributed by atoms with E-state index >= 15 is 0 Å². The lowest BCUT2D eigenvalue weighted by Gasteiger charge is -2.08. The molecule has 0 radical (unpaired) electrons. The second-order valence-corrected chi connectivity index (χ2v) is 5.02. The van der Waals surface area contributed by atoms with E-state index in [1.54, 1.807) is 30.3 Å². The summed E-state index contributed by atoms with van der Waals surface area (Å²) >= 11 is 0. The zero-order valence-electron chi connectivity index (χ0n) is 12.1. The summed E-state index contributed by atoms with van der Waals surface area (Å²) in [4.78, 5) is 23.7. The molecule has 1 rings (SSSR count). The minimum atomic E-state index is -0.207. The van der Waals surface area contributed by atoms with Crippen molar-refractivity contribution in [2.45, 2.75) is 20.3 Å². The Morgan fingerprint density at radius 3 is 2.35 bits per heavy atom. The summed E-state index contributed by atoms with van der Waals surface area (Å²) in [6, 6.07) is 6.70. The van der Waals surface area contributed by atoms with Gasteiger partial charge in [0.1, 0.15) is 0 Å². The fraction of sp³-hybridized carbons (Fsp3) is 0.375. The summed E-state index contributed by atoms with van der Waals surface area (Å²) in [5.74, 6) is 0.192. The fourth-order valence-electron chi connectivity index (χ4n) is 1.65. The molecule has 4 nitrogen and oxygen atoms in total. The second kappa shape index (κ2) is 8.15. The number of carbonyl (C=O) groups excluding carboxylic acids is 2. The molecule has 0 fully saturated rings. The van der Waals surface area contributed by atoms with E-state index in [2.05, 4.69) is 31.1 Å². The topological polar surface area (TPSA) is 58.2 Å². The Morgan fingerprint density at radius 1 is 1.20 bits per heavy atom. The molecular weight excluding hydrogens is 252 g/mol. The highest BCUT2D eigenvalue weighted by atomic mass is 16.2. The molecule has 0 spiro atoms. The molecule has 0 saturated heterocycles. The van der Waals surface area contributed by atoms with E-state index < -0.39 is 0 Å². The average Bonchev–Trinajstić information content (AvgIpc) is 2.44. The van der Waals surface area contributed by atoms with Gasteiger partial charge in [-0.05, 0) is 30.5 Å². The van der Waals surface area contributed by atoms with E-state index in [1.165, 1.54) is 0 Å². The highest BCUT2D eigenvalue weighted by Gasteiger charge is 2.09. The van der Waals surface area contributed by atoms with Crippen molar-refractivity contribution in [1.29, 1.82) is 0 Å². The maximum atomic E-state index is 12.0. The lowest BCUT2D eigenvalue weighted by Crippen LogP contribution is -2.26. The molecule has 108 valence electrons. The molecule has 2 N–H and O–H groups in total. The van der Waals surface area contributed by atoms with Crippen LogP contribution < -0.4 is 10.6 Å². The van der Waals surface area contributed by atoms with Crippen LogP contribution in [-0.2, 0) is 0 Å². The van der Waals surface area contributed by atoms with Crippen molar-refractivity contribution in [2.24, 2.45) is 5.92 Å². The summed E-state index contributed by atoms with van der Waals surface area (Å²) in [6.07, 6.45) is 2.55. The maximum Gasteiger partial charge on any atom is 0.251 e. The Bertz CT molecular complexity index is 481. The third-order valence-corrected chi connectivity index (χ3v) is 2.80. The summed E-state index contributed by atoms with van der Waals surface area (Å²) in [5, 5.41) is 5.54. The first kappa shape index (κ1) is 16.0. The molecule has 0 saturated carbocycles. The van der Waals surface area contributed by atoms with Crippen LogP contribution in [0.4, 0.5) is 0 Å². The van der Waals surface area contributed by atoms with Gasteiger partial charge >= 0.3 is 0 Å². The molecule has 4 heteroatoms.